The van der Waals surface area contributed by atoms with Gasteiger partial charge in [0.15, 0.2) is 0 Å². The number of carbonyl (C=O) groups is 1. The summed E-state index contributed by atoms with van der Waals surface area (Å²) in [6.07, 6.45) is 3.13. The fourth-order valence-corrected chi connectivity index (χ4v) is 2.57. The number of hydrogen-bond donors (Lipinski definition) is 1. The molecule has 2 rings (SSSR count). The van der Waals surface area contributed by atoms with Gasteiger partial charge in [0.1, 0.15) is 11.4 Å². The van der Waals surface area contributed by atoms with Crippen molar-refractivity contribution in [1.29, 1.82) is 0 Å². The first-order valence-corrected chi connectivity index (χ1v) is 6.29. The Balaban J connectivity index is 2.39. The normalized spacial score (nSPS) is 20.3. The summed E-state index contributed by atoms with van der Waals surface area (Å²) in [5, 5.41) is 9.56. The van der Waals surface area contributed by atoms with Crippen LogP contribution in [0.2, 0.25) is 0 Å². The molecule has 1 aromatic carbocycles. The summed E-state index contributed by atoms with van der Waals surface area (Å²) >= 11 is 0. The van der Waals surface area contributed by atoms with Crippen molar-refractivity contribution in [1.82, 2.24) is 4.90 Å². The zero-order chi connectivity index (χ0) is 13.2. The number of piperidine rings is 1. The molecule has 1 atom stereocenters. The van der Waals surface area contributed by atoms with Gasteiger partial charge in [-0.15, -0.1) is 0 Å². The zero-order valence-corrected chi connectivity index (χ0v) is 10.5. The summed E-state index contributed by atoms with van der Waals surface area (Å²) in [5.41, 5.74) is -0.625. The van der Waals surface area contributed by atoms with Crippen LogP contribution in [0, 0.1) is 5.82 Å². The minimum absolute atomic E-state index is 0.392. The average molecular weight is 251 g/mol. The molecule has 0 amide bonds. The predicted octanol–water partition coefficient (Wildman–Crippen LogP) is 2.61. The Morgan fingerprint density at radius 3 is 2.56 bits per heavy atom. The molecule has 0 spiro atoms. The van der Waals surface area contributed by atoms with Gasteiger partial charge in [0.25, 0.3) is 0 Å². The third kappa shape index (κ3) is 2.25. The molecule has 1 aliphatic rings. The minimum Gasteiger partial charge on any atom is -0.480 e. The van der Waals surface area contributed by atoms with Crippen molar-refractivity contribution in [3.63, 3.8) is 0 Å². The summed E-state index contributed by atoms with van der Waals surface area (Å²) in [6.45, 7) is 3.16. The number of carboxylic acid groups (broad SMARTS) is 1. The highest BCUT2D eigenvalue weighted by molar-refractivity contribution is 5.80. The summed E-state index contributed by atoms with van der Waals surface area (Å²) < 4.78 is 13.3. The van der Waals surface area contributed by atoms with Gasteiger partial charge in [0, 0.05) is 0 Å². The molecule has 0 bridgehead atoms. The van der Waals surface area contributed by atoms with E-state index in [0.717, 1.165) is 32.4 Å². The van der Waals surface area contributed by atoms with E-state index in [9.17, 15) is 14.3 Å². The molecule has 1 heterocycles. The van der Waals surface area contributed by atoms with Gasteiger partial charge in [-0.25, -0.2) is 9.18 Å². The first-order chi connectivity index (χ1) is 8.55. The standard InChI is InChI=1S/C14H18FNO2/c1-14(13(17)18,16-8-3-2-4-9-16)11-6-5-7-12(15)10-11/h5-7,10H,2-4,8-9H2,1H3,(H,17,18). The second-order valence-electron chi connectivity index (χ2n) is 4.94. The molecule has 98 valence electrons. The van der Waals surface area contributed by atoms with Crippen molar-refractivity contribution in [3.8, 4) is 0 Å². The molecule has 1 saturated heterocycles. The van der Waals surface area contributed by atoms with E-state index in [1.165, 1.54) is 12.1 Å². The molecule has 1 aromatic rings. The molecule has 1 fully saturated rings. The molecule has 0 saturated carbocycles. The van der Waals surface area contributed by atoms with E-state index < -0.39 is 17.3 Å². The lowest BCUT2D eigenvalue weighted by Crippen LogP contribution is -2.51. The van der Waals surface area contributed by atoms with Crippen LogP contribution in [-0.4, -0.2) is 29.1 Å². The van der Waals surface area contributed by atoms with Crippen LogP contribution in [0.4, 0.5) is 4.39 Å². The zero-order valence-electron chi connectivity index (χ0n) is 10.5. The van der Waals surface area contributed by atoms with Crippen molar-refractivity contribution in [3.05, 3.63) is 35.6 Å². The Hall–Kier alpha value is -1.42. The van der Waals surface area contributed by atoms with Crippen molar-refractivity contribution in [2.24, 2.45) is 0 Å². The highest BCUT2D eigenvalue weighted by Gasteiger charge is 2.41. The highest BCUT2D eigenvalue weighted by Crippen LogP contribution is 2.31. The predicted molar refractivity (Wildman–Crippen MR) is 66.8 cm³/mol. The number of halogens is 1. The van der Waals surface area contributed by atoms with Crippen molar-refractivity contribution < 1.29 is 14.3 Å². The summed E-state index contributed by atoms with van der Waals surface area (Å²) in [7, 11) is 0. The summed E-state index contributed by atoms with van der Waals surface area (Å²) in [4.78, 5) is 13.6. The summed E-state index contributed by atoms with van der Waals surface area (Å²) in [6, 6.07) is 5.91. The van der Waals surface area contributed by atoms with Crippen LogP contribution in [-0.2, 0) is 10.3 Å². The average Bonchev–Trinajstić information content (AvgIpc) is 2.38. The molecular formula is C14H18FNO2. The SMILES string of the molecule is CC(C(=O)O)(c1cccc(F)c1)N1CCCCC1. The quantitative estimate of drug-likeness (QED) is 0.897. The Kier molecular flexibility index (Phi) is 3.66. The lowest BCUT2D eigenvalue weighted by atomic mass is 9.88. The first-order valence-electron chi connectivity index (χ1n) is 6.29. The van der Waals surface area contributed by atoms with Crippen LogP contribution in [0.3, 0.4) is 0 Å². The molecule has 0 radical (unpaired) electrons. The molecule has 1 aliphatic heterocycles. The number of aliphatic carboxylic acids is 1. The van der Waals surface area contributed by atoms with Crippen LogP contribution in [0.1, 0.15) is 31.7 Å². The van der Waals surface area contributed by atoms with Gasteiger partial charge in [-0.05, 0) is 50.6 Å². The van der Waals surface area contributed by atoms with Crippen LogP contribution >= 0.6 is 0 Å². The van der Waals surface area contributed by atoms with E-state index in [0.29, 0.717) is 5.56 Å². The topological polar surface area (TPSA) is 40.5 Å². The van der Waals surface area contributed by atoms with Gasteiger partial charge < -0.3 is 5.11 Å². The molecule has 4 heteroatoms. The van der Waals surface area contributed by atoms with Crippen molar-refractivity contribution in [2.45, 2.75) is 31.7 Å². The lowest BCUT2D eigenvalue weighted by molar-refractivity contribution is -0.152. The summed E-state index contributed by atoms with van der Waals surface area (Å²) in [5.74, 6) is -1.31. The van der Waals surface area contributed by atoms with E-state index >= 15 is 0 Å². The fraction of sp³-hybridized carbons (Fsp3) is 0.500. The second kappa shape index (κ2) is 5.06. The van der Waals surface area contributed by atoms with E-state index in [4.69, 9.17) is 0 Å². The number of hydrogen-bond acceptors (Lipinski definition) is 2. The van der Waals surface area contributed by atoms with E-state index in [2.05, 4.69) is 0 Å². The molecule has 0 aliphatic carbocycles. The van der Waals surface area contributed by atoms with Crippen molar-refractivity contribution in [2.75, 3.05) is 13.1 Å². The second-order valence-corrected chi connectivity index (χ2v) is 4.94. The molecule has 18 heavy (non-hydrogen) atoms. The maximum atomic E-state index is 13.3. The molecular weight excluding hydrogens is 233 g/mol. The van der Waals surface area contributed by atoms with E-state index in [1.54, 1.807) is 19.1 Å². The van der Waals surface area contributed by atoms with Crippen LogP contribution in [0.25, 0.3) is 0 Å². The van der Waals surface area contributed by atoms with Crippen LogP contribution < -0.4 is 0 Å². The van der Waals surface area contributed by atoms with Crippen LogP contribution in [0.5, 0.6) is 0 Å². The van der Waals surface area contributed by atoms with E-state index in [1.807, 2.05) is 4.90 Å². The number of rotatable bonds is 3. The Bertz CT molecular complexity index is 443. The number of nitrogens with zero attached hydrogens (tertiary/aromatic N) is 1. The van der Waals surface area contributed by atoms with Gasteiger partial charge in [-0.3, -0.25) is 4.90 Å². The van der Waals surface area contributed by atoms with Gasteiger partial charge in [0.2, 0.25) is 0 Å². The third-order valence-corrected chi connectivity index (χ3v) is 3.79. The van der Waals surface area contributed by atoms with E-state index in [-0.39, 0.29) is 0 Å². The number of likely N-dealkylation sites (tertiary alicyclic amines) is 1. The van der Waals surface area contributed by atoms with Gasteiger partial charge in [0.05, 0.1) is 0 Å². The molecule has 1 unspecified atom stereocenters. The van der Waals surface area contributed by atoms with Gasteiger partial charge >= 0.3 is 5.97 Å². The van der Waals surface area contributed by atoms with Crippen LogP contribution in [0.15, 0.2) is 24.3 Å². The minimum atomic E-state index is -1.14. The number of benzene rings is 1. The fourth-order valence-electron chi connectivity index (χ4n) is 2.57. The maximum absolute atomic E-state index is 13.3. The van der Waals surface area contributed by atoms with Crippen molar-refractivity contribution >= 4 is 5.97 Å². The maximum Gasteiger partial charge on any atom is 0.328 e. The number of carboxylic acids is 1. The largest absolute Gasteiger partial charge is 0.480 e. The smallest absolute Gasteiger partial charge is 0.328 e. The Morgan fingerprint density at radius 1 is 1.33 bits per heavy atom. The highest BCUT2D eigenvalue weighted by atomic mass is 19.1. The monoisotopic (exact) mass is 251 g/mol. The lowest BCUT2D eigenvalue weighted by Gasteiger charge is -2.40. The molecule has 0 aromatic heterocycles. The Labute approximate surface area is 106 Å². The molecule has 1 N–H and O–H groups in total. The Morgan fingerprint density at radius 2 is 2.00 bits per heavy atom. The van der Waals surface area contributed by atoms with Gasteiger partial charge in [-0.1, -0.05) is 18.6 Å². The third-order valence-electron chi connectivity index (χ3n) is 3.79. The molecule has 3 nitrogen and oxygen atoms in total. The van der Waals surface area contributed by atoms with Gasteiger partial charge in [-0.2, -0.15) is 0 Å². The first kappa shape index (κ1) is 13.0.